The Morgan fingerprint density at radius 2 is 1.92 bits per heavy atom. The number of nitrogens with zero attached hydrogens (tertiary/aromatic N) is 1. The number of rotatable bonds is 4. The van der Waals surface area contributed by atoms with Gasteiger partial charge >= 0.3 is 0 Å². The van der Waals surface area contributed by atoms with Gasteiger partial charge in [0.1, 0.15) is 5.82 Å². The minimum Gasteiger partial charge on any atom is -0.348 e. The molecule has 0 aliphatic carbocycles. The molecule has 1 fully saturated rings. The summed E-state index contributed by atoms with van der Waals surface area (Å²) in [6.07, 6.45) is 0. The Kier molecular flexibility index (Phi) is 4.78. The third-order valence-corrected chi connectivity index (χ3v) is 5.94. The molecule has 1 atom stereocenters. The van der Waals surface area contributed by atoms with Crippen LogP contribution >= 0.6 is 0 Å². The molecule has 1 aliphatic heterocycles. The molecule has 1 heterocycles. The lowest BCUT2D eigenvalue weighted by molar-refractivity contribution is -0.119. The van der Waals surface area contributed by atoms with E-state index in [9.17, 15) is 22.4 Å². The summed E-state index contributed by atoms with van der Waals surface area (Å²) in [7, 11) is -3.72. The van der Waals surface area contributed by atoms with E-state index in [1.165, 1.54) is 36.4 Å². The molecule has 1 N–H and O–H groups in total. The molecular weight excluding hydrogens is 359 g/mol. The first-order valence-corrected chi connectivity index (χ1v) is 9.58. The predicted molar refractivity (Wildman–Crippen MR) is 94.4 cm³/mol. The van der Waals surface area contributed by atoms with Crippen molar-refractivity contribution in [1.29, 1.82) is 0 Å². The van der Waals surface area contributed by atoms with Crippen LogP contribution < -0.4 is 9.62 Å². The lowest BCUT2D eigenvalue weighted by Crippen LogP contribution is -2.30. The van der Waals surface area contributed by atoms with Crippen LogP contribution in [0.4, 0.5) is 10.1 Å². The van der Waals surface area contributed by atoms with Crippen LogP contribution in [0.25, 0.3) is 0 Å². The van der Waals surface area contributed by atoms with Crippen molar-refractivity contribution in [3.63, 3.8) is 0 Å². The van der Waals surface area contributed by atoms with Gasteiger partial charge in [-0.3, -0.25) is 9.59 Å². The molecule has 0 aromatic heterocycles. The topological polar surface area (TPSA) is 83.6 Å². The van der Waals surface area contributed by atoms with Gasteiger partial charge in [0, 0.05) is 12.1 Å². The summed E-state index contributed by atoms with van der Waals surface area (Å²) in [5.41, 5.74) is 1.10. The summed E-state index contributed by atoms with van der Waals surface area (Å²) in [5, 5.41) is 2.68. The van der Waals surface area contributed by atoms with Gasteiger partial charge in [0.15, 0.2) is 0 Å². The third-order valence-electron chi connectivity index (χ3n) is 4.07. The summed E-state index contributed by atoms with van der Waals surface area (Å²) in [4.78, 5) is 24.5. The van der Waals surface area contributed by atoms with E-state index in [1.54, 1.807) is 19.1 Å². The van der Waals surface area contributed by atoms with Crippen molar-refractivity contribution in [3.05, 3.63) is 65.5 Å². The highest BCUT2D eigenvalue weighted by Crippen LogP contribution is 2.28. The summed E-state index contributed by atoms with van der Waals surface area (Å²) in [5.74, 6) is -2.15. The van der Waals surface area contributed by atoms with Crippen molar-refractivity contribution < 1.29 is 22.4 Å². The van der Waals surface area contributed by atoms with E-state index >= 15 is 0 Å². The van der Waals surface area contributed by atoms with Crippen LogP contribution in [0.3, 0.4) is 0 Å². The van der Waals surface area contributed by atoms with Gasteiger partial charge in [-0.1, -0.05) is 25.1 Å². The molecule has 26 heavy (non-hydrogen) atoms. The second-order valence-corrected chi connectivity index (χ2v) is 8.00. The second-order valence-electron chi connectivity index (χ2n) is 6.14. The Labute approximate surface area is 150 Å². The number of carbonyl (C=O) groups excluding carboxylic acids is 2. The van der Waals surface area contributed by atoms with Gasteiger partial charge in [0.05, 0.1) is 17.4 Å². The molecule has 2 aromatic rings. The van der Waals surface area contributed by atoms with Crippen LogP contribution in [0.2, 0.25) is 0 Å². The molecule has 0 unspecified atom stereocenters. The highest BCUT2D eigenvalue weighted by molar-refractivity contribution is 7.94. The molecule has 136 valence electrons. The first-order valence-electron chi connectivity index (χ1n) is 7.97. The Morgan fingerprint density at radius 1 is 1.23 bits per heavy atom. The fourth-order valence-corrected chi connectivity index (χ4v) is 4.56. The van der Waals surface area contributed by atoms with Gasteiger partial charge in [-0.25, -0.2) is 17.1 Å². The Balaban J connectivity index is 1.77. The molecular formula is C18H17FN2O4S. The van der Waals surface area contributed by atoms with Crippen molar-refractivity contribution >= 4 is 27.5 Å². The first-order chi connectivity index (χ1) is 12.3. The molecule has 1 aliphatic rings. The Bertz CT molecular complexity index is 957. The average Bonchev–Trinajstić information content (AvgIpc) is 2.81. The van der Waals surface area contributed by atoms with Gasteiger partial charge in [-0.2, -0.15) is 0 Å². The smallest absolute Gasteiger partial charge is 0.251 e. The van der Waals surface area contributed by atoms with E-state index in [-0.39, 0.29) is 29.4 Å². The van der Waals surface area contributed by atoms with Crippen molar-refractivity contribution in [3.8, 4) is 0 Å². The lowest BCUT2D eigenvalue weighted by atomic mass is 10.1. The number of nitrogens with one attached hydrogen (secondary N) is 1. The highest BCUT2D eigenvalue weighted by atomic mass is 32.2. The molecule has 6 nitrogen and oxygen atoms in total. The molecule has 0 saturated carbocycles. The number of anilines is 1. The predicted octanol–water partition coefficient (Wildman–Crippen LogP) is 2.07. The van der Waals surface area contributed by atoms with Crippen LogP contribution in [0, 0.1) is 11.7 Å². The number of hydrogen-bond donors (Lipinski definition) is 1. The Morgan fingerprint density at radius 3 is 2.54 bits per heavy atom. The van der Waals surface area contributed by atoms with Crippen LogP contribution in [-0.4, -0.2) is 26.0 Å². The van der Waals surface area contributed by atoms with Crippen LogP contribution in [0.15, 0.2) is 48.5 Å². The van der Waals surface area contributed by atoms with E-state index in [4.69, 9.17) is 0 Å². The maximum atomic E-state index is 12.9. The molecule has 2 aromatic carbocycles. The minimum atomic E-state index is -3.72. The SMILES string of the molecule is C[C@@H]1CS(=O)(=O)N(c2cccc(C(=O)NCc3ccc(F)cc3)c2)C1=O. The molecule has 8 heteroatoms. The van der Waals surface area contributed by atoms with Crippen LogP contribution in [-0.2, 0) is 21.4 Å². The average molecular weight is 376 g/mol. The fourth-order valence-electron chi connectivity index (χ4n) is 2.75. The maximum Gasteiger partial charge on any atom is 0.251 e. The van der Waals surface area contributed by atoms with Gasteiger partial charge in [0.2, 0.25) is 15.9 Å². The number of sulfonamides is 1. The zero-order valence-corrected chi connectivity index (χ0v) is 14.8. The van der Waals surface area contributed by atoms with Gasteiger partial charge < -0.3 is 5.32 Å². The van der Waals surface area contributed by atoms with Crippen molar-refractivity contribution in [2.75, 3.05) is 10.1 Å². The van der Waals surface area contributed by atoms with E-state index in [1.807, 2.05) is 0 Å². The maximum absolute atomic E-state index is 12.9. The quantitative estimate of drug-likeness (QED) is 0.885. The minimum absolute atomic E-state index is 0.147. The van der Waals surface area contributed by atoms with Gasteiger partial charge in [-0.05, 0) is 35.9 Å². The van der Waals surface area contributed by atoms with E-state index < -0.39 is 27.8 Å². The van der Waals surface area contributed by atoms with E-state index in [0.717, 1.165) is 9.87 Å². The molecule has 2 amide bonds. The van der Waals surface area contributed by atoms with Crippen LogP contribution in [0.5, 0.6) is 0 Å². The molecule has 3 rings (SSSR count). The number of halogens is 1. The molecule has 1 saturated heterocycles. The lowest BCUT2D eigenvalue weighted by Gasteiger charge is -2.16. The number of hydrogen-bond acceptors (Lipinski definition) is 4. The van der Waals surface area contributed by atoms with Gasteiger partial charge in [-0.15, -0.1) is 0 Å². The third kappa shape index (κ3) is 3.60. The zero-order valence-electron chi connectivity index (χ0n) is 14.0. The summed E-state index contributed by atoms with van der Waals surface area (Å²) in [6, 6.07) is 11.6. The normalized spacial score (nSPS) is 18.8. The van der Waals surface area contributed by atoms with Gasteiger partial charge in [0.25, 0.3) is 5.91 Å². The fraction of sp³-hybridized carbons (Fsp3) is 0.222. The van der Waals surface area contributed by atoms with Crippen LogP contribution in [0.1, 0.15) is 22.8 Å². The standard InChI is InChI=1S/C18H17FN2O4S/c1-12-11-26(24,25)21(18(12)23)16-4-2-3-14(9-16)17(22)20-10-13-5-7-15(19)8-6-13/h2-9,12H,10-11H2,1H3,(H,20,22)/t12-/m1/s1. The summed E-state index contributed by atoms with van der Waals surface area (Å²) in [6.45, 7) is 1.75. The largest absolute Gasteiger partial charge is 0.348 e. The van der Waals surface area contributed by atoms with Crippen molar-refractivity contribution in [2.24, 2.45) is 5.92 Å². The number of carbonyl (C=O) groups is 2. The monoisotopic (exact) mass is 376 g/mol. The zero-order chi connectivity index (χ0) is 18.9. The van der Waals surface area contributed by atoms with E-state index in [2.05, 4.69) is 5.32 Å². The summed E-state index contributed by atoms with van der Waals surface area (Å²) < 4.78 is 38.0. The molecule has 0 radical (unpaired) electrons. The second kappa shape index (κ2) is 6.87. The Hall–Kier alpha value is -2.74. The van der Waals surface area contributed by atoms with Crippen molar-refractivity contribution in [2.45, 2.75) is 13.5 Å². The number of benzene rings is 2. The van der Waals surface area contributed by atoms with E-state index in [0.29, 0.717) is 0 Å². The molecule has 0 spiro atoms. The number of amides is 2. The highest BCUT2D eigenvalue weighted by Gasteiger charge is 2.42. The first kappa shape index (κ1) is 18.1. The van der Waals surface area contributed by atoms with Crippen molar-refractivity contribution in [1.82, 2.24) is 5.32 Å². The summed E-state index contributed by atoms with van der Waals surface area (Å²) >= 11 is 0. The molecule has 0 bridgehead atoms.